The number of amidine groups is 1. The van der Waals surface area contributed by atoms with Crippen LogP contribution in [0, 0.1) is 5.82 Å². The van der Waals surface area contributed by atoms with Gasteiger partial charge >= 0.3 is 0 Å². The number of halogens is 1. The van der Waals surface area contributed by atoms with Crippen molar-refractivity contribution in [1.29, 1.82) is 0 Å². The number of hydrogen-bond donors (Lipinski definition) is 1. The van der Waals surface area contributed by atoms with Crippen molar-refractivity contribution in [2.45, 2.75) is 12.8 Å². The highest BCUT2D eigenvalue weighted by Crippen LogP contribution is 2.18. The molecule has 0 saturated carbocycles. The summed E-state index contributed by atoms with van der Waals surface area (Å²) < 4.78 is 18.3. The lowest BCUT2D eigenvalue weighted by Crippen LogP contribution is -2.24. The van der Waals surface area contributed by atoms with E-state index in [-0.39, 0.29) is 11.7 Å². The lowest BCUT2D eigenvalue weighted by molar-refractivity contribution is -0.115. The van der Waals surface area contributed by atoms with Crippen molar-refractivity contribution in [2.24, 2.45) is 4.99 Å². The topological polar surface area (TPSA) is 50.7 Å². The fraction of sp³-hybridized carbons (Fsp3) is 0.158. The maximum Gasteiger partial charge on any atom is 0.275 e. The van der Waals surface area contributed by atoms with Gasteiger partial charge in [0.2, 0.25) is 0 Å². The molecule has 0 aliphatic carbocycles. The highest BCUT2D eigenvalue weighted by molar-refractivity contribution is 6.14. The molecule has 3 rings (SSSR count). The second kappa shape index (κ2) is 7.08. The van der Waals surface area contributed by atoms with E-state index in [1.807, 2.05) is 30.3 Å². The van der Waals surface area contributed by atoms with Gasteiger partial charge in [0.25, 0.3) is 5.91 Å². The summed E-state index contributed by atoms with van der Waals surface area (Å²) in [7, 11) is 1.59. The molecule has 24 heavy (non-hydrogen) atoms. The zero-order valence-electron chi connectivity index (χ0n) is 13.3. The molecule has 0 radical (unpaired) electrons. The zero-order chi connectivity index (χ0) is 16.9. The third kappa shape index (κ3) is 3.87. The fourth-order valence-electron chi connectivity index (χ4n) is 2.48. The van der Waals surface area contributed by atoms with E-state index in [9.17, 15) is 9.18 Å². The summed E-state index contributed by atoms with van der Waals surface area (Å²) in [4.78, 5) is 16.4. The molecule has 1 amide bonds. The van der Waals surface area contributed by atoms with Crippen molar-refractivity contribution in [1.82, 2.24) is 5.32 Å². The Bertz CT molecular complexity index is 828. The van der Waals surface area contributed by atoms with Crippen LogP contribution in [-0.4, -0.2) is 18.9 Å². The predicted octanol–water partition coefficient (Wildman–Crippen LogP) is 3.34. The largest absolute Gasteiger partial charge is 0.497 e. The van der Waals surface area contributed by atoms with Crippen molar-refractivity contribution >= 4 is 17.8 Å². The van der Waals surface area contributed by atoms with E-state index in [1.54, 1.807) is 19.3 Å². The summed E-state index contributed by atoms with van der Waals surface area (Å²) in [6.45, 7) is 0. The lowest BCUT2D eigenvalue weighted by atomic mass is 10.1. The first kappa shape index (κ1) is 15.9. The maximum absolute atomic E-state index is 13.2. The molecule has 4 nitrogen and oxygen atoms in total. The lowest BCUT2D eigenvalue weighted by Gasteiger charge is -2.01. The molecule has 0 unspecified atom stereocenters. The summed E-state index contributed by atoms with van der Waals surface area (Å²) in [5.41, 5.74) is 2.07. The standard InChI is InChI=1S/C19H17FN2O2/c1-24-16-7-3-5-14(11-16)12-17-19(23)22-18(21-17)9-8-13-4-2-6-15(20)10-13/h2-7,10-12H,8-9H2,1H3,(H,21,22,23)/b17-12+. The van der Waals surface area contributed by atoms with Gasteiger partial charge in [-0.2, -0.15) is 0 Å². The predicted molar refractivity (Wildman–Crippen MR) is 91.3 cm³/mol. The molecule has 1 aliphatic heterocycles. The molecule has 0 fully saturated rings. The number of ether oxygens (including phenoxy) is 1. The van der Waals surface area contributed by atoms with Crippen LogP contribution >= 0.6 is 0 Å². The molecule has 0 spiro atoms. The average Bonchev–Trinajstić information content (AvgIpc) is 2.93. The monoisotopic (exact) mass is 324 g/mol. The van der Waals surface area contributed by atoms with E-state index >= 15 is 0 Å². The number of carbonyl (C=O) groups excluding carboxylic acids is 1. The van der Waals surface area contributed by atoms with E-state index in [4.69, 9.17) is 4.74 Å². The van der Waals surface area contributed by atoms with Gasteiger partial charge in [0.15, 0.2) is 0 Å². The fourth-order valence-corrected chi connectivity index (χ4v) is 2.48. The molecule has 2 aromatic carbocycles. The van der Waals surface area contributed by atoms with Crippen LogP contribution in [0.25, 0.3) is 6.08 Å². The Kier molecular flexibility index (Phi) is 4.70. The second-order valence-corrected chi connectivity index (χ2v) is 5.45. The van der Waals surface area contributed by atoms with E-state index in [0.717, 1.165) is 16.9 Å². The second-order valence-electron chi connectivity index (χ2n) is 5.45. The smallest absolute Gasteiger partial charge is 0.275 e. The highest BCUT2D eigenvalue weighted by Gasteiger charge is 2.19. The summed E-state index contributed by atoms with van der Waals surface area (Å²) in [5.74, 6) is 0.826. The minimum absolute atomic E-state index is 0.230. The SMILES string of the molecule is COc1cccc(/C=C2/N=C(CCc3cccc(F)c3)NC2=O)c1. The Morgan fingerprint density at radius 3 is 2.79 bits per heavy atom. The number of nitrogens with zero attached hydrogens (tertiary/aromatic N) is 1. The van der Waals surface area contributed by atoms with Crippen LogP contribution < -0.4 is 10.1 Å². The van der Waals surface area contributed by atoms with E-state index in [0.29, 0.717) is 24.4 Å². The zero-order valence-corrected chi connectivity index (χ0v) is 13.3. The Hall–Kier alpha value is -2.95. The summed E-state index contributed by atoms with van der Waals surface area (Å²) in [5, 5.41) is 2.76. The van der Waals surface area contributed by atoms with E-state index in [1.165, 1.54) is 12.1 Å². The minimum Gasteiger partial charge on any atom is -0.497 e. The number of carbonyl (C=O) groups is 1. The van der Waals surface area contributed by atoms with Crippen LogP contribution in [0.2, 0.25) is 0 Å². The molecule has 2 aromatic rings. The number of benzene rings is 2. The quantitative estimate of drug-likeness (QED) is 0.858. The van der Waals surface area contributed by atoms with Crippen LogP contribution in [0.5, 0.6) is 5.75 Å². The normalized spacial score (nSPS) is 15.3. The van der Waals surface area contributed by atoms with Crippen molar-refractivity contribution in [3.05, 3.63) is 71.2 Å². The van der Waals surface area contributed by atoms with E-state index < -0.39 is 0 Å². The van der Waals surface area contributed by atoms with Gasteiger partial charge in [-0.1, -0.05) is 24.3 Å². The van der Waals surface area contributed by atoms with Gasteiger partial charge in [-0.25, -0.2) is 9.38 Å². The third-order valence-electron chi connectivity index (χ3n) is 3.68. The number of aliphatic imine (C=N–C) groups is 1. The Labute approximate surface area is 139 Å². The molecule has 0 bridgehead atoms. The molecule has 0 aromatic heterocycles. The van der Waals surface area contributed by atoms with Gasteiger partial charge in [-0.15, -0.1) is 0 Å². The van der Waals surface area contributed by atoms with Crippen LogP contribution in [0.3, 0.4) is 0 Å². The molecule has 1 aliphatic rings. The third-order valence-corrected chi connectivity index (χ3v) is 3.68. The number of hydrogen-bond acceptors (Lipinski definition) is 3. The summed E-state index contributed by atoms with van der Waals surface area (Å²) in [6.07, 6.45) is 2.88. The van der Waals surface area contributed by atoms with Crippen molar-refractivity contribution in [2.75, 3.05) is 7.11 Å². The van der Waals surface area contributed by atoms with Crippen molar-refractivity contribution in [3.63, 3.8) is 0 Å². The van der Waals surface area contributed by atoms with Gasteiger partial charge < -0.3 is 10.1 Å². The van der Waals surface area contributed by atoms with Gasteiger partial charge in [0, 0.05) is 6.42 Å². The average molecular weight is 324 g/mol. The van der Waals surface area contributed by atoms with Crippen molar-refractivity contribution < 1.29 is 13.9 Å². The van der Waals surface area contributed by atoms with Gasteiger partial charge in [-0.3, -0.25) is 4.79 Å². The number of methoxy groups -OCH3 is 1. The molecular weight excluding hydrogens is 307 g/mol. The Morgan fingerprint density at radius 1 is 1.17 bits per heavy atom. The molecule has 1 heterocycles. The van der Waals surface area contributed by atoms with Gasteiger partial charge in [0.1, 0.15) is 23.1 Å². The van der Waals surface area contributed by atoms with Gasteiger partial charge in [-0.05, 0) is 47.9 Å². The minimum atomic E-state index is -0.261. The van der Waals surface area contributed by atoms with Gasteiger partial charge in [0.05, 0.1) is 7.11 Å². The first-order valence-corrected chi connectivity index (χ1v) is 7.63. The van der Waals surface area contributed by atoms with Crippen LogP contribution in [-0.2, 0) is 11.2 Å². The Morgan fingerprint density at radius 2 is 2.00 bits per heavy atom. The molecule has 0 atom stereocenters. The molecule has 122 valence electrons. The summed E-state index contributed by atoms with van der Waals surface area (Å²) >= 11 is 0. The Balaban J connectivity index is 1.71. The van der Waals surface area contributed by atoms with Crippen molar-refractivity contribution in [3.8, 4) is 5.75 Å². The first-order valence-electron chi connectivity index (χ1n) is 7.63. The number of rotatable bonds is 5. The van der Waals surface area contributed by atoms with Crippen LogP contribution in [0.15, 0.2) is 59.2 Å². The van der Waals surface area contributed by atoms with Crippen LogP contribution in [0.1, 0.15) is 17.5 Å². The maximum atomic E-state index is 13.2. The number of aryl methyl sites for hydroxylation is 1. The number of nitrogens with one attached hydrogen (secondary N) is 1. The highest BCUT2D eigenvalue weighted by atomic mass is 19.1. The first-order chi connectivity index (χ1) is 11.6. The van der Waals surface area contributed by atoms with E-state index in [2.05, 4.69) is 10.3 Å². The summed E-state index contributed by atoms with van der Waals surface area (Å²) in [6, 6.07) is 13.8. The van der Waals surface area contributed by atoms with Crippen LogP contribution in [0.4, 0.5) is 4.39 Å². The molecule has 1 N–H and O–H groups in total. The molecule has 5 heteroatoms. The molecular formula is C19H17FN2O2. The molecule has 0 saturated heterocycles. The number of amides is 1.